The Morgan fingerprint density at radius 3 is 2.73 bits per heavy atom. The molecule has 3 nitrogen and oxygen atoms in total. The van der Waals surface area contributed by atoms with E-state index in [1.807, 2.05) is 24.3 Å². The highest BCUT2D eigenvalue weighted by Crippen LogP contribution is 2.22. The Bertz CT molecular complexity index is 511. The second kappa shape index (κ2) is 10.9. The van der Waals surface area contributed by atoms with Crippen LogP contribution in [0.4, 0.5) is 0 Å². The zero-order valence-electron chi connectivity index (χ0n) is 13.6. The topological polar surface area (TPSA) is 46.5 Å². The molecule has 0 saturated heterocycles. The van der Waals surface area contributed by atoms with Gasteiger partial charge in [-0.2, -0.15) is 0 Å². The van der Waals surface area contributed by atoms with Crippen molar-refractivity contribution in [1.29, 1.82) is 0 Å². The molecule has 120 valence electrons. The van der Waals surface area contributed by atoms with E-state index in [0.717, 1.165) is 24.0 Å². The first-order valence-corrected chi connectivity index (χ1v) is 8.03. The molecular weight excluding hydrogens is 276 g/mol. The number of carbonyl (C=O) groups excluding carboxylic acids is 1. The van der Waals surface area contributed by atoms with E-state index >= 15 is 0 Å². The molecule has 0 aromatic heterocycles. The van der Waals surface area contributed by atoms with Crippen LogP contribution in [0.2, 0.25) is 0 Å². The summed E-state index contributed by atoms with van der Waals surface area (Å²) in [5.74, 6) is 5.85. The van der Waals surface area contributed by atoms with Crippen LogP contribution in [0.1, 0.15) is 63.2 Å². The predicted molar refractivity (Wildman–Crippen MR) is 88.3 cm³/mol. The number of aliphatic hydroxyl groups excluding tert-OH is 1. The number of benzene rings is 1. The van der Waals surface area contributed by atoms with Gasteiger partial charge in [-0.15, -0.1) is 0 Å². The maximum Gasteiger partial charge on any atom is 0.304 e. The Balaban J connectivity index is 2.80. The van der Waals surface area contributed by atoms with E-state index < -0.39 is 6.10 Å². The molecule has 1 unspecified atom stereocenters. The van der Waals surface area contributed by atoms with Crippen molar-refractivity contribution in [3.05, 3.63) is 35.4 Å². The normalized spacial score (nSPS) is 11.4. The lowest BCUT2D eigenvalue weighted by atomic mass is 10.00. The van der Waals surface area contributed by atoms with Gasteiger partial charge in [-0.3, -0.25) is 4.79 Å². The lowest BCUT2D eigenvalue weighted by Gasteiger charge is -2.15. The molecule has 0 amide bonds. The van der Waals surface area contributed by atoms with Crippen LogP contribution < -0.4 is 0 Å². The fourth-order valence-electron chi connectivity index (χ4n) is 2.28. The van der Waals surface area contributed by atoms with E-state index in [-0.39, 0.29) is 12.6 Å². The summed E-state index contributed by atoms with van der Waals surface area (Å²) < 4.78 is 5.36. The molecule has 0 bridgehead atoms. The van der Waals surface area contributed by atoms with Crippen LogP contribution >= 0.6 is 0 Å². The average molecular weight is 302 g/mol. The fraction of sp³-hybridized carbons (Fsp3) is 0.526. The molecular formula is C19H26O3. The molecule has 0 radical (unpaired) electrons. The lowest BCUT2D eigenvalue weighted by molar-refractivity contribution is -0.144. The summed E-state index contributed by atoms with van der Waals surface area (Å²) in [5.41, 5.74) is 1.84. The Morgan fingerprint density at radius 1 is 1.27 bits per heavy atom. The molecule has 1 rings (SSSR count). The Hall–Kier alpha value is -1.79. The monoisotopic (exact) mass is 302 g/mol. The minimum Gasteiger partial charge on any atom is -0.444 e. The van der Waals surface area contributed by atoms with Gasteiger partial charge in [-0.1, -0.05) is 62.3 Å². The van der Waals surface area contributed by atoms with E-state index in [0.29, 0.717) is 6.42 Å². The van der Waals surface area contributed by atoms with Gasteiger partial charge in [-0.05, 0) is 18.4 Å². The summed E-state index contributed by atoms with van der Waals surface area (Å²) in [6.07, 6.45) is 5.50. The molecule has 0 aliphatic rings. The van der Waals surface area contributed by atoms with E-state index in [1.54, 1.807) is 0 Å². The van der Waals surface area contributed by atoms with Crippen LogP contribution in [0, 0.1) is 11.8 Å². The Kier molecular flexibility index (Phi) is 9.02. The van der Waals surface area contributed by atoms with Gasteiger partial charge >= 0.3 is 5.97 Å². The second-order valence-corrected chi connectivity index (χ2v) is 5.29. The molecule has 22 heavy (non-hydrogen) atoms. The van der Waals surface area contributed by atoms with Crippen LogP contribution in [-0.4, -0.2) is 17.7 Å². The number of hydrogen-bond donors (Lipinski definition) is 1. The highest BCUT2D eigenvalue weighted by Gasteiger charge is 2.15. The molecule has 3 heteroatoms. The first kappa shape index (κ1) is 18.3. The largest absolute Gasteiger partial charge is 0.444 e. The van der Waals surface area contributed by atoms with Crippen LogP contribution in [0.25, 0.3) is 0 Å². The second-order valence-electron chi connectivity index (χ2n) is 5.29. The summed E-state index contributed by atoms with van der Waals surface area (Å²) in [7, 11) is 0. The van der Waals surface area contributed by atoms with Crippen LogP contribution in [0.15, 0.2) is 24.3 Å². The van der Waals surface area contributed by atoms with E-state index in [1.165, 1.54) is 26.2 Å². The van der Waals surface area contributed by atoms with Gasteiger partial charge < -0.3 is 9.84 Å². The molecule has 0 saturated carbocycles. The van der Waals surface area contributed by atoms with Crippen molar-refractivity contribution >= 4 is 5.97 Å². The number of carbonyl (C=O) groups is 1. The standard InChI is InChI=1S/C19H26O3/c1-3-4-5-6-7-8-13-19(22-16(2)21)18-12-10-9-11-17(18)14-15-20/h9-12,19-20H,3-7,14-15H2,1-2H3. The number of esters is 1. The average Bonchev–Trinajstić information content (AvgIpc) is 2.50. The Labute approximate surface area is 133 Å². The number of rotatable bonds is 8. The van der Waals surface area contributed by atoms with Gasteiger partial charge in [0.05, 0.1) is 0 Å². The zero-order chi connectivity index (χ0) is 16.2. The third-order valence-corrected chi connectivity index (χ3v) is 3.39. The summed E-state index contributed by atoms with van der Waals surface area (Å²) in [6, 6.07) is 7.66. The quantitative estimate of drug-likeness (QED) is 0.451. The molecule has 0 spiro atoms. The minimum atomic E-state index is -0.550. The molecule has 0 heterocycles. The number of hydrogen-bond acceptors (Lipinski definition) is 3. The SMILES string of the molecule is CCCCCCC#CC(OC(C)=O)c1ccccc1CCO. The molecule has 0 aliphatic carbocycles. The van der Waals surface area contributed by atoms with Crippen molar-refractivity contribution in [2.75, 3.05) is 6.61 Å². The summed E-state index contributed by atoms with van der Waals surface area (Å²) in [4.78, 5) is 11.3. The fourth-order valence-corrected chi connectivity index (χ4v) is 2.28. The van der Waals surface area contributed by atoms with Crippen molar-refractivity contribution in [2.24, 2.45) is 0 Å². The van der Waals surface area contributed by atoms with Crippen LogP contribution in [-0.2, 0) is 16.0 Å². The molecule has 0 aliphatic heterocycles. The van der Waals surface area contributed by atoms with Crippen molar-refractivity contribution in [3.8, 4) is 11.8 Å². The molecule has 1 N–H and O–H groups in total. The molecule has 0 fully saturated rings. The lowest BCUT2D eigenvalue weighted by Crippen LogP contribution is -2.10. The summed E-state index contributed by atoms with van der Waals surface area (Å²) >= 11 is 0. The van der Waals surface area contributed by atoms with E-state index in [4.69, 9.17) is 9.84 Å². The Morgan fingerprint density at radius 2 is 2.05 bits per heavy atom. The number of aliphatic hydroxyl groups is 1. The number of ether oxygens (including phenoxy) is 1. The molecule has 1 aromatic carbocycles. The maximum atomic E-state index is 11.3. The van der Waals surface area contributed by atoms with Gasteiger partial charge in [0.15, 0.2) is 6.10 Å². The van der Waals surface area contributed by atoms with Crippen LogP contribution in [0.3, 0.4) is 0 Å². The number of unbranched alkanes of at least 4 members (excludes halogenated alkanes) is 4. The highest BCUT2D eigenvalue weighted by molar-refractivity contribution is 5.67. The third-order valence-electron chi connectivity index (χ3n) is 3.39. The minimum absolute atomic E-state index is 0.0637. The summed E-state index contributed by atoms with van der Waals surface area (Å²) in [5, 5.41) is 9.16. The first-order chi connectivity index (χ1) is 10.7. The van der Waals surface area contributed by atoms with Crippen molar-refractivity contribution in [2.45, 2.75) is 58.5 Å². The molecule has 1 aromatic rings. The van der Waals surface area contributed by atoms with Crippen molar-refractivity contribution in [1.82, 2.24) is 0 Å². The van der Waals surface area contributed by atoms with E-state index in [9.17, 15) is 4.79 Å². The zero-order valence-corrected chi connectivity index (χ0v) is 13.6. The van der Waals surface area contributed by atoms with Gasteiger partial charge in [0, 0.05) is 25.5 Å². The maximum absolute atomic E-state index is 11.3. The van der Waals surface area contributed by atoms with Gasteiger partial charge in [0.25, 0.3) is 0 Å². The van der Waals surface area contributed by atoms with Crippen molar-refractivity contribution < 1.29 is 14.6 Å². The highest BCUT2D eigenvalue weighted by atomic mass is 16.5. The first-order valence-electron chi connectivity index (χ1n) is 8.03. The predicted octanol–water partition coefficient (Wildman–Crippen LogP) is 3.80. The summed E-state index contributed by atoms with van der Waals surface area (Å²) in [6.45, 7) is 3.64. The van der Waals surface area contributed by atoms with Crippen LogP contribution in [0.5, 0.6) is 0 Å². The van der Waals surface area contributed by atoms with Crippen molar-refractivity contribution in [3.63, 3.8) is 0 Å². The van der Waals surface area contributed by atoms with Gasteiger partial charge in [0.1, 0.15) is 0 Å². The van der Waals surface area contributed by atoms with E-state index in [2.05, 4.69) is 18.8 Å². The third kappa shape index (κ3) is 6.78. The van der Waals surface area contributed by atoms with Gasteiger partial charge in [-0.25, -0.2) is 0 Å². The smallest absolute Gasteiger partial charge is 0.304 e. The van der Waals surface area contributed by atoms with Gasteiger partial charge in [0.2, 0.25) is 0 Å². The molecule has 1 atom stereocenters.